The largest absolute Gasteiger partial charge is 0.439 e. The van der Waals surface area contributed by atoms with E-state index in [-0.39, 0.29) is 44.6 Å². The topological polar surface area (TPSA) is 24.6 Å². The highest BCUT2D eigenvalue weighted by molar-refractivity contribution is 7.00. The molecule has 2 aliphatic heterocycles. The molecule has 4 heterocycles. The first-order valence-electron chi connectivity index (χ1n) is 28.9. The van der Waals surface area contributed by atoms with E-state index >= 15 is 0 Å². The van der Waals surface area contributed by atoms with Gasteiger partial charge in [-0.3, -0.25) is 4.57 Å². The number of fused-ring (bicyclic) bond motifs is 11. The van der Waals surface area contributed by atoms with Crippen LogP contribution in [-0.4, -0.2) is 11.3 Å². The smallest absolute Gasteiger partial charge is 0.252 e. The summed E-state index contributed by atoms with van der Waals surface area (Å²) in [6, 6.07) is 50.5. The Morgan fingerprint density at radius 3 is 1.55 bits per heavy atom. The Morgan fingerprint density at radius 2 is 0.974 bits per heavy atom. The van der Waals surface area contributed by atoms with Gasteiger partial charge in [-0.1, -0.05) is 178 Å². The molecule has 392 valence electrons. The molecule has 7 aromatic carbocycles. The molecule has 0 atom stereocenters. The highest BCUT2D eigenvalue weighted by Gasteiger charge is 2.48. The van der Waals surface area contributed by atoms with Crippen LogP contribution in [0.5, 0.6) is 0 Å². The van der Waals surface area contributed by atoms with Crippen LogP contribution in [0.25, 0.3) is 38.7 Å². The van der Waals surface area contributed by atoms with Crippen molar-refractivity contribution in [3.05, 3.63) is 166 Å². The monoisotopic (exact) mass is 1010 g/mol. The van der Waals surface area contributed by atoms with Crippen LogP contribution in [0.2, 0.25) is 0 Å². The number of hydrogen-bond acceptors (Lipinski definition) is 3. The van der Waals surface area contributed by atoms with Crippen LogP contribution < -0.4 is 26.2 Å². The zero-order valence-electron chi connectivity index (χ0n) is 49.3. The Morgan fingerprint density at radius 1 is 0.455 bits per heavy atom. The number of rotatable bonds is 4. The molecule has 2 aromatic heterocycles. The van der Waals surface area contributed by atoms with E-state index in [1.54, 1.807) is 0 Å². The van der Waals surface area contributed by atoms with Gasteiger partial charge in [-0.15, -0.1) is 0 Å². The zero-order valence-corrected chi connectivity index (χ0v) is 49.3. The third kappa shape index (κ3) is 7.51. The Hall–Kier alpha value is -6.46. The highest BCUT2D eigenvalue weighted by atomic mass is 16.3. The summed E-state index contributed by atoms with van der Waals surface area (Å²) in [4.78, 5) is 5.23. The summed E-state index contributed by atoms with van der Waals surface area (Å²) < 4.78 is 9.81. The summed E-state index contributed by atoms with van der Waals surface area (Å²) in [6.45, 7) is 40.8. The van der Waals surface area contributed by atoms with E-state index in [0.29, 0.717) is 0 Å². The normalized spacial score (nSPS) is 17.8. The van der Waals surface area contributed by atoms with E-state index in [1.807, 2.05) is 0 Å². The lowest BCUT2D eigenvalue weighted by molar-refractivity contribution is 0.332. The van der Waals surface area contributed by atoms with Crippen LogP contribution >= 0.6 is 0 Å². The van der Waals surface area contributed by atoms with E-state index in [1.165, 1.54) is 101 Å². The predicted molar refractivity (Wildman–Crippen MR) is 331 cm³/mol. The standard InChI is InChI=1S/C72H80BN3O/c1-66(2,3)43-22-26-46(27-23-43)74(47-28-24-44(25-29-47)67(4,5)6)49-39-59-63-60(40-49)76-64-51(62-50-20-18-19-21-61(50)77-65(62)76)36-45(68(7,8)9)37-57(64)73(63)56-41-54-55(72(16,17)35-34-71(54,14)15)42-58(56)75(59)48-30-31-52-53(38-48)70(12,13)33-32-69(52,10)11/h18-31,36-42H,32-35H2,1-17H3. The average Bonchev–Trinajstić information content (AvgIpc) is 3.90. The lowest BCUT2D eigenvalue weighted by atomic mass is 9.33. The van der Waals surface area contributed by atoms with Crippen molar-refractivity contribution in [3.63, 3.8) is 0 Å². The van der Waals surface area contributed by atoms with Gasteiger partial charge in [-0.05, 0) is 186 Å². The van der Waals surface area contributed by atoms with Crippen LogP contribution in [0, 0.1) is 0 Å². The fourth-order valence-corrected chi connectivity index (χ4v) is 14.2. The third-order valence-electron chi connectivity index (χ3n) is 19.4. The van der Waals surface area contributed by atoms with Crippen LogP contribution in [0.4, 0.5) is 34.1 Å². The quantitative estimate of drug-likeness (QED) is 0.164. The number of nitrogens with zero attached hydrogens (tertiary/aromatic N) is 3. The second kappa shape index (κ2) is 16.1. The fraction of sp³-hybridized carbons (Fsp3) is 0.389. The minimum Gasteiger partial charge on any atom is -0.439 e. The molecule has 0 bridgehead atoms. The highest BCUT2D eigenvalue weighted by Crippen LogP contribution is 2.54. The molecular formula is C72H80BN3O. The molecular weight excluding hydrogens is 934 g/mol. The lowest BCUT2D eigenvalue weighted by Gasteiger charge is -2.47. The summed E-state index contributed by atoms with van der Waals surface area (Å²) in [6.07, 6.45) is 4.63. The average molecular weight is 1010 g/mol. The SMILES string of the molecule is CC(C)(C)c1ccc(N(c2ccc(C(C)(C)C)cc2)c2cc3c4c(c2)-n2c5oc6ccccc6c5c5cc(C(C)(C)C)cc(c52)B4c2cc4c(cc2N3c2ccc3c(c2)C(C)(C)CCC3(C)C)C(C)(C)CCC4(C)C)cc1. The number of furan rings is 1. The van der Waals surface area contributed by atoms with E-state index in [9.17, 15) is 0 Å². The molecule has 5 heteroatoms. The molecule has 4 nitrogen and oxygen atoms in total. The van der Waals surface area contributed by atoms with Gasteiger partial charge >= 0.3 is 0 Å². The van der Waals surface area contributed by atoms with Crippen molar-refractivity contribution in [1.82, 2.24) is 4.57 Å². The molecule has 0 saturated carbocycles. The molecule has 0 radical (unpaired) electrons. The van der Waals surface area contributed by atoms with E-state index in [2.05, 4.69) is 259 Å². The second-order valence-electron chi connectivity index (χ2n) is 29.6. The number of hydrogen-bond donors (Lipinski definition) is 0. The first-order chi connectivity index (χ1) is 36.0. The van der Waals surface area contributed by atoms with Crippen molar-refractivity contribution in [2.24, 2.45) is 0 Å². The summed E-state index contributed by atoms with van der Waals surface area (Å²) in [5.74, 6) is 0. The molecule has 2 aliphatic carbocycles. The van der Waals surface area contributed by atoms with E-state index in [0.717, 1.165) is 53.0 Å². The molecule has 4 aliphatic rings. The summed E-state index contributed by atoms with van der Waals surface area (Å²) >= 11 is 0. The van der Waals surface area contributed by atoms with Gasteiger partial charge in [0.15, 0.2) is 0 Å². The van der Waals surface area contributed by atoms with Gasteiger partial charge in [0.25, 0.3) is 6.71 Å². The molecule has 0 fully saturated rings. The molecule has 0 N–H and O–H groups in total. The van der Waals surface area contributed by atoms with Gasteiger partial charge in [0.05, 0.1) is 16.6 Å². The molecule has 77 heavy (non-hydrogen) atoms. The number of anilines is 6. The minimum atomic E-state index is -0.105. The van der Waals surface area contributed by atoms with Gasteiger partial charge in [-0.25, -0.2) is 0 Å². The Bertz CT molecular complexity index is 3870. The lowest BCUT2D eigenvalue weighted by Crippen LogP contribution is -2.61. The molecule has 9 aromatic rings. The van der Waals surface area contributed by atoms with Crippen LogP contribution in [0.1, 0.15) is 182 Å². The third-order valence-corrected chi connectivity index (χ3v) is 19.4. The number of para-hydroxylation sites is 1. The van der Waals surface area contributed by atoms with E-state index in [4.69, 9.17) is 4.42 Å². The van der Waals surface area contributed by atoms with Gasteiger partial charge in [0, 0.05) is 44.9 Å². The van der Waals surface area contributed by atoms with Crippen molar-refractivity contribution in [2.75, 3.05) is 9.80 Å². The zero-order chi connectivity index (χ0) is 54.5. The summed E-state index contributed by atoms with van der Waals surface area (Å²) in [5, 5.41) is 3.62. The van der Waals surface area contributed by atoms with Crippen LogP contribution in [0.15, 0.2) is 132 Å². The summed E-state index contributed by atoms with van der Waals surface area (Å²) in [5.41, 5.74) is 25.4. The molecule has 0 unspecified atom stereocenters. The molecule has 0 amide bonds. The molecule has 13 rings (SSSR count). The van der Waals surface area contributed by atoms with Gasteiger partial charge in [-0.2, -0.15) is 0 Å². The Balaban J connectivity index is 1.21. The Labute approximate surface area is 460 Å². The van der Waals surface area contributed by atoms with Gasteiger partial charge in [0.1, 0.15) is 5.58 Å². The Kier molecular flexibility index (Phi) is 10.5. The van der Waals surface area contributed by atoms with Crippen molar-refractivity contribution in [3.8, 4) is 5.69 Å². The maximum Gasteiger partial charge on any atom is 0.252 e. The van der Waals surface area contributed by atoms with Gasteiger partial charge in [0.2, 0.25) is 5.71 Å². The van der Waals surface area contributed by atoms with Crippen LogP contribution in [0.3, 0.4) is 0 Å². The first kappa shape index (κ1) is 50.1. The van der Waals surface area contributed by atoms with Crippen molar-refractivity contribution < 1.29 is 4.42 Å². The van der Waals surface area contributed by atoms with Crippen LogP contribution in [-0.2, 0) is 37.9 Å². The molecule has 0 saturated heterocycles. The first-order valence-corrected chi connectivity index (χ1v) is 28.9. The van der Waals surface area contributed by atoms with Crippen molar-refractivity contribution >= 4 is 90.2 Å². The molecule has 0 spiro atoms. The minimum absolute atomic E-state index is 0.00214. The maximum absolute atomic E-state index is 7.26. The van der Waals surface area contributed by atoms with Crippen molar-refractivity contribution in [2.45, 2.75) is 181 Å². The fourth-order valence-electron chi connectivity index (χ4n) is 14.2. The maximum atomic E-state index is 7.26. The predicted octanol–water partition coefficient (Wildman–Crippen LogP) is 18.2. The van der Waals surface area contributed by atoms with Crippen molar-refractivity contribution in [1.29, 1.82) is 0 Å². The van der Waals surface area contributed by atoms with E-state index < -0.39 is 0 Å². The number of aromatic nitrogens is 1. The second-order valence-corrected chi connectivity index (χ2v) is 29.6. The number of benzene rings is 7. The van der Waals surface area contributed by atoms with Gasteiger partial charge < -0.3 is 14.2 Å². The summed E-state index contributed by atoms with van der Waals surface area (Å²) in [7, 11) is 0.